The van der Waals surface area contributed by atoms with Gasteiger partial charge in [0.15, 0.2) is 0 Å². The summed E-state index contributed by atoms with van der Waals surface area (Å²) in [5, 5.41) is -0.351. The number of rotatable bonds is 9. The fourth-order valence-corrected chi connectivity index (χ4v) is 5.53. The van der Waals surface area contributed by atoms with Gasteiger partial charge in [-0.1, -0.05) is 35.9 Å². The van der Waals surface area contributed by atoms with Crippen LogP contribution in [-0.4, -0.2) is 0 Å². The molecule has 0 fully saturated rings. The van der Waals surface area contributed by atoms with Crippen molar-refractivity contribution >= 4 is 11.6 Å². The molecule has 0 saturated heterocycles. The van der Waals surface area contributed by atoms with Crippen LogP contribution in [-0.2, 0) is 18.7 Å². The maximum atomic E-state index is 15.3. The van der Waals surface area contributed by atoms with E-state index in [0.717, 1.165) is 12.1 Å². The van der Waals surface area contributed by atoms with E-state index in [0.29, 0.717) is 41.8 Å². The predicted octanol–water partition coefficient (Wildman–Crippen LogP) is 13.0. The third kappa shape index (κ3) is 8.16. The van der Waals surface area contributed by atoms with Gasteiger partial charge in [-0.05, 0) is 95.3 Å². The third-order valence-electron chi connectivity index (χ3n) is 7.51. The van der Waals surface area contributed by atoms with Crippen LogP contribution in [0, 0.1) is 34.9 Å². The molecule has 0 spiro atoms. The molecule has 0 saturated carbocycles. The Bertz CT molecular complexity index is 2070. The Hall–Kier alpha value is -4.98. The van der Waals surface area contributed by atoms with Gasteiger partial charge in [-0.3, -0.25) is 0 Å². The number of alkyl halides is 5. The van der Waals surface area contributed by atoms with Crippen LogP contribution < -0.4 is 4.74 Å². The van der Waals surface area contributed by atoms with Gasteiger partial charge in [0.2, 0.25) is 0 Å². The monoisotopic (exact) mass is 748 g/mol. The van der Waals surface area contributed by atoms with E-state index in [2.05, 4.69) is 4.74 Å². The van der Waals surface area contributed by atoms with Crippen molar-refractivity contribution in [3.05, 3.63) is 148 Å². The predicted molar refractivity (Wildman–Crippen MR) is 162 cm³/mol. The first-order valence-corrected chi connectivity index (χ1v) is 14.8. The van der Waals surface area contributed by atoms with E-state index in [9.17, 15) is 35.1 Å². The number of hydrogen-bond acceptors (Lipinski definition) is 1. The molecule has 0 amide bonds. The molecule has 266 valence electrons. The van der Waals surface area contributed by atoms with Crippen molar-refractivity contribution < 1.29 is 61.8 Å². The first-order valence-electron chi connectivity index (χ1n) is 14.4. The van der Waals surface area contributed by atoms with E-state index < -0.39 is 92.4 Å². The molecule has 0 aliphatic carbocycles. The number of benzene rings is 5. The van der Waals surface area contributed by atoms with E-state index >= 15 is 22.0 Å². The summed E-state index contributed by atoms with van der Waals surface area (Å²) in [5.74, 6) is -11.6. The molecule has 0 unspecified atom stereocenters. The topological polar surface area (TPSA) is 9.23 Å². The Balaban J connectivity index is 1.38. The normalized spacial score (nSPS) is 11.9. The van der Waals surface area contributed by atoms with Gasteiger partial charge in [0, 0.05) is 17.2 Å². The molecule has 0 radical (unpaired) electrons. The van der Waals surface area contributed by atoms with E-state index in [1.54, 1.807) is 24.3 Å². The lowest BCUT2D eigenvalue weighted by atomic mass is 9.97. The molecule has 0 aliphatic rings. The number of ether oxygens (including phenoxy) is 1. The molecule has 51 heavy (non-hydrogen) atoms. The van der Waals surface area contributed by atoms with E-state index in [1.165, 1.54) is 6.07 Å². The summed E-state index contributed by atoms with van der Waals surface area (Å²) in [5.41, 5.74) is -5.36. The van der Waals surface area contributed by atoms with Gasteiger partial charge in [-0.15, -0.1) is 0 Å². The molecular formula is C36H18ClF13O. The zero-order valence-corrected chi connectivity index (χ0v) is 26.0. The van der Waals surface area contributed by atoms with E-state index in [1.807, 2.05) is 0 Å². The quantitative estimate of drug-likeness (QED) is 0.136. The summed E-state index contributed by atoms with van der Waals surface area (Å²) < 4.78 is 186. The summed E-state index contributed by atoms with van der Waals surface area (Å²) in [7, 11) is 0. The van der Waals surface area contributed by atoms with Crippen LogP contribution in [0.1, 0.15) is 23.1 Å². The summed E-state index contributed by atoms with van der Waals surface area (Å²) >= 11 is 6.24. The second-order valence-electron chi connectivity index (χ2n) is 10.9. The smallest absolute Gasteiger partial charge is 0.429 e. The van der Waals surface area contributed by atoms with E-state index in [-0.39, 0.29) is 35.2 Å². The lowest BCUT2D eigenvalue weighted by Gasteiger charge is -2.20. The minimum absolute atomic E-state index is 0.0909. The highest BCUT2D eigenvalue weighted by molar-refractivity contribution is 6.33. The second kappa shape index (κ2) is 14.3. The van der Waals surface area contributed by atoms with Crippen LogP contribution in [0.15, 0.2) is 91.0 Å². The molecule has 0 aliphatic heterocycles. The lowest BCUT2D eigenvalue weighted by molar-refractivity contribution is -0.189. The van der Waals surface area contributed by atoms with Gasteiger partial charge in [-0.25, -0.2) is 26.3 Å². The number of allylic oxidation sites excluding steroid dienone is 1. The van der Waals surface area contributed by atoms with Crippen LogP contribution >= 0.6 is 11.6 Å². The fourth-order valence-electron chi connectivity index (χ4n) is 5.21. The minimum atomic E-state index is -5.40. The SMILES string of the molecule is FC(F)=CCCc1ccc(-c2cc(F)c(-c3cc(F)c(C(F)(F)Oc4ccc(-c5cc(F)c(C(F)(F)F)c(F)c5)c(F)c4)c(F)c3)c(Cl)c2)cc1. The van der Waals surface area contributed by atoms with Crippen molar-refractivity contribution in [2.24, 2.45) is 0 Å². The first-order chi connectivity index (χ1) is 23.9. The maximum absolute atomic E-state index is 15.3. The van der Waals surface area contributed by atoms with Gasteiger partial charge in [-0.2, -0.15) is 30.7 Å². The van der Waals surface area contributed by atoms with Gasteiger partial charge in [0.05, 0.1) is 5.02 Å². The summed E-state index contributed by atoms with van der Waals surface area (Å²) in [4.78, 5) is 0. The molecule has 0 heterocycles. The molecule has 5 aromatic rings. The zero-order valence-electron chi connectivity index (χ0n) is 25.2. The molecule has 0 bridgehead atoms. The summed E-state index contributed by atoms with van der Waals surface area (Å²) in [6.45, 7) is 0. The van der Waals surface area contributed by atoms with Gasteiger partial charge in [0.1, 0.15) is 51.8 Å². The van der Waals surface area contributed by atoms with Crippen molar-refractivity contribution in [2.45, 2.75) is 25.1 Å². The number of hydrogen-bond donors (Lipinski definition) is 0. The number of halogens is 14. The van der Waals surface area contributed by atoms with Crippen LogP contribution in [0.4, 0.5) is 57.1 Å². The Morgan fingerprint density at radius 3 is 1.67 bits per heavy atom. The Kier molecular flexibility index (Phi) is 10.5. The second-order valence-corrected chi connectivity index (χ2v) is 11.3. The Morgan fingerprint density at radius 2 is 1.14 bits per heavy atom. The van der Waals surface area contributed by atoms with Crippen LogP contribution in [0.5, 0.6) is 5.75 Å². The van der Waals surface area contributed by atoms with Crippen molar-refractivity contribution in [1.82, 2.24) is 0 Å². The molecule has 15 heteroatoms. The summed E-state index contributed by atoms with van der Waals surface area (Å²) in [6.07, 6.45) is -10.9. The highest BCUT2D eigenvalue weighted by Gasteiger charge is 2.42. The molecule has 1 nitrogen and oxygen atoms in total. The first kappa shape index (κ1) is 37.3. The molecule has 5 rings (SSSR count). The van der Waals surface area contributed by atoms with Crippen molar-refractivity contribution in [3.63, 3.8) is 0 Å². The zero-order chi connectivity index (χ0) is 37.4. The molecule has 5 aromatic carbocycles. The van der Waals surface area contributed by atoms with E-state index in [4.69, 9.17) is 11.6 Å². The number of aryl methyl sites for hydroxylation is 1. The van der Waals surface area contributed by atoms with Crippen LogP contribution in [0.3, 0.4) is 0 Å². The maximum Gasteiger partial charge on any atom is 0.432 e. The van der Waals surface area contributed by atoms with Crippen LogP contribution in [0.25, 0.3) is 33.4 Å². The van der Waals surface area contributed by atoms with Gasteiger partial charge in [0.25, 0.3) is 6.08 Å². The van der Waals surface area contributed by atoms with Gasteiger partial charge < -0.3 is 4.74 Å². The van der Waals surface area contributed by atoms with Crippen molar-refractivity contribution in [3.8, 4) is 39.1 Å². The molecule has 0 atom stereocenters. The molecule has 0 N–H and O–H groups in total. The Morgan fingerprint density at radius 1 is 0.588 bits per heavy atom. The van der Waals surface area contributed by atoms with Gasteiger partial charge >= 0.3 is 12.3 Å². The highest BCUT2D eigenvalue weighted by atomic mass is 35.5. The lowest BCUT2D eigenvalue weighted by Crippen LogP contribution is -2.25. The molecular weight excluding hydrogens is 731 g/mol. The minimum Gasteiger partial charge on any atom is -0.429 e. The average Bonchev–Trinajstić information content (AvgIpc) is 2.99. The molecule has 0 aromatic heterocycles. The standard InChI is InChI=1S/C36H18ClF13O/c37-24-10-19(18-6-4-17(5-7-18)2-1-3-31(44)45)11-26(39)32(24)21-14-29(42)34(30(43)15-21)36(49,50)51-22-8-9-23(25(38)16-22)20-12-27(40)33(28(41)13-20)35(46,47)48/h3-16H,1-2H2. The Labute approximate surface area is 285 Å². The largest absolute Gasteiger partial charge is 0.432 e. The van der Waals surface area contributed by atoms with Crippen molar-refractivity contribution in [2.75, 3.05) is 0 Å². The average molecular weight is 749 g/mol. The fraction of sp³-hybridized carbons (Fsp3) is 0.111. The van der Waals surface area contributed by atoms with Crippen LogP contribution in [0.2, 0.25) is 5.02 Å². The third-order valence-corrected chi connectivity index (χ3v) is 7.80. The van der Waals surface area contributed by atoms with Crippen molar-refractivity contribution in [1.29, 1.82) is 0 Å². The summed E-state index contributed by atoms with van der Waals surface area (Å²) in [6, 6.07) is 11.2. The highest BCUT2D eigenvalue weighted by Crippen LogP contribution is 2.42.